The van der Waals surface area contributed by atoms with Gasteiger partial charge in [-0.3, -0.25) is 4.79 Å². The molecule has 1 fully saturated rings. The molecule has 0 aliphatic carbocycles. The van der Waals surface area contributed by atoms with E-state index in [0.717, 1.165) is 32.4 Å². The van der Waals surface area contributed by atoms with Crippen molar-refractivity contribution >= 4 is 12.1 Å². The molecular weight excluding hydrogens is 140 g/mol. The van der Waals surface area contributed by atoms with Gasteiger partial charge in [0, 0.05) is 6.21 Å². The van der Waals surface area contributed by atoms with E-state index in [2.05, 4.69) is 10.3 Å². The van der Waals surface area contributed by atoms with Crippen LogP contribution in [-0.2, 0) is 4.79 Å². The van der Waals surface area contributed by atoms with Gasteiger partial charge in [0.1, 0.15) is 0 Å². The van der Waals surface area contributed by atoms with Crippen molar-refractivity contribution in [2.75, 3.05) is 13.1 Å². The van der Waals surface area contributed by atoms with Crippen molar-refractivity contribution in [3.8, 4) is 0 Å². The summed E-state index contributed by atoms with van der Waals surface area (Å²) in [7, 11) is 0. The number of hydrogen-bond donors (Lipinski definition) is 1. The minimum absolute atomic E-state index is 0.0920. The zero-order valence-electron chi connectivity index (χ0n) is 6.47. The molecule has 0 aromatic carbocycles. The summed E-state index contributed by atoms with van der Waals surface area (Å²) in [5, 5.41) is 3.25. The fourth-order valence-electron chi connectivity index (χ4n) is 1.85. The molecule has 0 unspecified atom stereocenters. The van der Waals surface area contributed by atoms with Crippen molar-refractivity contribution < 1.29 is 4.79 Å². The number of carbonyl (C=O) groups is 1. The molecule has 2 rings (SSSR count). The lowest BCUT2D eigenvalue weighted by atomic mass is 9.77. The van der Waals surface area contributed by atoms with Gasteiger partial charge in [0.05, 0.1) is 5.41 Å². The Morgan fingerprint density at radius 3 is 2.73 bits per heavy atom. The SMILES string of the molecule is O=C1N=CCC12CCNCC2. The lowest BCUT2D eigenvalue weighted by molar-refractivity contribution is -0.127. The van der Waals surface area contributed by atoms with Crippen LogP contribution in [0.5, 0.6) is 0 Å². The lowest BCUT2D eigenvalue weighted by Gasteiger charge is -2.30. The molecule has 1 N–H and O–H groups in total. The van der Waals surface area contributed by atoms with Crippen LogP contribution >= 0.6 is 0 Å². The predicted octanol–water partition coefficient (Wildman–Crippen LogP) is 0.357. The number of rotatable bonds is 0. The molecule has 0 aromatic rings. The molecule has 11 heavy (non-hydrogen) atoms. The Kier molecular flexibility index (Phi) is 1.53. The first-order valence-electron chi connectivity index (χ1n) is 4.11. The Morgan fingerprint density at radius 2 is 2.18 bits per heavy atom. The molecule has 3 nitrogen and oxygen atoms in total. The van der Waals surface area contributed by atoms with Crippen LogP contribution in [0.1, 0.15) is 19.3 Å². The zero-order chi connectivity index (χ0) is 7.73. The second-order valence-electron chi connectivity index (χ2n) is 3.35. The van der Waals surface area contributed by atoms with E-state index in [1.807, 2.05) is 0 Å². The molecule has 0 bridgehead atoms. The maximum absolute atomic E-state index is 11.3. The lowest BCUT2D eigenvalue weighted by Crippen LogP contribution is -2.39. The van der Waals surface area contributed by atoms with E-state index in [-0.39, 0.29) is 11.3 Å². The van der Waals surface area contributed by atoms with Crippen LogP contribution in [0.4, 0.5) is 0 Å². The highest BCUT2D eigenvalue weighted by atomic mass is 16.1. The van der Waals surface area contributed by atoms with Crippen molar-refractivity contribution in [1.82, 2.24) is 5.32 Å². The molecule has 2 aliphatic heterocycles. The van der Waals surface area contributed by atoms with Crippen molar-refractivity contribution in [2.24, 2.45) is 10.4 Å². The average Bonchev–Trinajstić information content (AvgIpc) is 2.36. The molecule has 1 saturated heterocycles. The molecule has 2 heterocycles. The number of hydrogen-bond acceptors (Lipinski definition) is 2. The van der Waals surface area contributed by atoms with Crippen LogP contribution in [0.15, 0.2) is 4.99 Å². The smallest absolute Gasteiger partial charge is 0.252 e. The third kappa shape index (κ3) is 0.997. The third-order valence-corrected chi connectivity index (χ3v) is 2.70. The van der Waals surface area contributed by atoms with Crippen molar-refractivity contribution in [3.63, 3.8) is 0 Å². The maximum Gasteiger partial charge on any atom is 0.252 e. The molecular formula is C8H12N2O. The first-order valence-corrected chi connectivity index (χ1v) is 4.11. The summed E-state index contributed by atoms with van der Waals surface area (Å²) < 4.78 is 0. The largest absolute Gasteiger partial charge is 0.317 e. The summed E-state index contributed by atoms with van der Waals surface area (Å²) in [6.45, 7) is 1.93. The van der Waals surface area contributed by atoms with Gasteiger partial charge in [-0.1, -0.05) is 0 Å². The summed E-state index contributed by atoms with van der Waals surface area (Å²) in [4.78, 5) is 15.1. The topological polar surface area (TPSA) is 41.5 Å². The van der Waals surface area contributed by atoms with E-state index in [9.17, 15) is 4.79 Å². The van der Waals surface area contributed by atoms with E-state index in [1.54, 1.807) is 6.21 Å². The van der Waals surface area contributed by atoms with Crippen molar-refractivity contribution in [3.05, 3.63) is 0 Å². The first kappa shape index (κ1) is 6.98. The van der Waals surface area contributed by atoms with Crippen molar-refractivity contribution in [1.29, 1.82) is 0 Å². The summed E-state index contributed by atoms with van der Waals surface area (Å²) in [5.41, 5.74) is -0.0920. The number of amides is 1. The van der Waals surface area contributed by atoms with E-state index < -0.39 is 0 Å². The summed E-state index contributed by atoms with van der Waals surface area (Å²) in [6, 6.07) is 0. The highest BCUT2D eigenvalue weighted by Crippen LogP contribution is 2.36. The number of aliphatic imine (C=N–C) groups is 1. The van der Waals surface area contributed by atoms with Crippen LogP contribution in [0.25, 0.3) is 0 Å². The van der Waals surface area contributed by atoms with Crippen LogP contribution in [0.2, 0.25) is 0 Å². The quantitative estimate of drug-likeness (QED) is 0.544. The summed E-state index contributed by atoms with van der Waals surface area (Å²) in [5.74, 6) is 0.110. The fourth-order valence-corrected chi connectivity index (χ4v) is 1.85. The number of piperidine rings is 1. The monoisotopic (exact) mass is 152 g/mol. The van der Waals surface area contributed by atoms with Gasteiger partial charge in [0.2, 0.25) is 0 Å². The van der Waals surface area contributed by atoms with E-state index in [4.69, 9.17) is 0 Å². The number of nitrogens with one attached hydrogen (secondary N) is 1. The van der Waals surface area contributed by atoms with Gasteiger partial charge in [0.25, 0.3) is 5.91 Å². The molecule has 0 atom stereocenters. The first-order chi connectivity index (χ1) is 5.33. The van der Waals surface area contributed by atoms with Crippen LogP contribution < -0.4 is 5.32 Å². The number of carbonyl (C=O) groups excluding carboxylic acids is 1. The molecule has 0 saturated carbocycles. The highest BCUT2D eigenvalue weighted by molar-refractivity contribution is 5.96. The minimum Gasteiger partial charge on any atom is -0.317 e. The summed E-state index contributed by atoms with van der Waals surface area (Å²) in [6.07, 6.45) is 4.57. The highest BCUT2D eigenvalue weighted by Gasteiger charge is 2.41. The van der Waals surface area contributed by atoms with E-state index >= 15 is 0 Å². The van der Waals surface area contributed by atoms with Crippen LogP contribution in [-0.4, -0.2) is 25.2 Å². The number of nitrogens with zero attached hydrogens (tertiary/aromatic N) is 1. The van der Waals surface area contributed by atoms with Gasteiger partial charge < -0.3 is 5.32 Å². The Bertz CT molecular complexity index is 204. The zero-order valence-corrected chi connectivity index (χ0v) is 6.47. The Morgan fingerprint density at radius 1 is 1.45 bits per heavy atom. The van der Waals surface area contributed by atoms with Gasteiger partial charge in [-0.15, -0.1) is 0 Å². The molecule has 0 aromatic heterocycles. The third-order valence-electron chi connectivity index (χ3n) is 2.70. The minimum atomic E-state index is -0.0920. The average molecular weight is 152 g/mol. The molecule has 1 spiro atoms. The Hall–Kier alpha value is -0.700. The normalized spacial score (nSPS) is 28.2. The second kappa shape index (κ2) is 2.41. The fraction of sp³-hybridized carbons (Fsp3) is 0.750. The molecule has 1 amide bonds. The molecule has 2 aliphatic rings. The predicted molar refractivity (Wildman–Crippen MR) is 42.7 cm³/mol. The standard InChI is InChI=1S/C8H12N2O/c11-7-8(3-6-10-7)1-4-9-5-2-8/h6,9H,1-5H2. The van der Waals surface area contributed by atoms with Gasteiger partial charge in [0.15, 0.2) is 0 Å². The Balaban J connectivity index is 2.15. The maximum atomic E-state index is 11.3. The Labute approximate surface area is 65.9 Å². The summed E-state index contributed by atoms with van der Waals surface area (Å²) >= 11 is 0. The second-order valence-corrected chi connectivity index (χ2v) is 3.35. The van der Waals surface area contributed by atoms with E-state index in [1.165, 1.54) is 0 Å². The molecule has 0 radical (unpaired) electrons. The molecule has 3 heteroatoms. The van der Waals surface area contributed by atoms with Crippen molar-refractivity contribution in [2.45, 2.75) is 19.3 Å². The molecule has 60 valence electrons. The van der Waals surface area contributed by atoms with Crippen LogP contribution in [0, 0.1) is 5.41 Å². The van der Waals surface area contributed by atoms with Gasteiger partial charge in [-0.25, -0.2) is 4.99 Å². The van der Waals surface area contributed by atoms with E-state index in [0.29, 0.717) is 0 Å². The van der Waals surface area contributed by atoms with Gasteiger partial charge >= 0.3 is 0 Å². The van der Waals surface area contributed by atoms with Crippen LogP contribution in [0.3, 0.4) is 0 Å². The van der Waals surface area contributed by atoms with Gasteiger partial charge in [-0.05, 0) is 32.4 Å². The van der Waals surface area contributed by atoms with Gasteiger partial charge in [-0.2, -0.15) is 0 Å².